The van der Waals surface area contributed by atoms with Crippen molar-refractivity contribution in [3.05, 3.63) is 209 Å². The lowest BCUT2D eigenvalue weighted by Crippen LogP contribution is -1.98. The molecule has 0 bridgehead atoms. The van der Waals surface area contributed by atoms with Crippen molar-refractivity contribution >= 4 is 31.5 Å². The zero-order valence-electron chi connectivity index (χ0n) is 43.6. The van der Waals surface area contributed by atoms with Crippen LogP contribution in [0.4, 0.5) is 0 Å². The minimum atomic E-state index is -2.99. The summed E-state index contributed by atoms with van der Waals surface area (Å²) in [6.07, 6.45) is -10.1. The Balaban J connectivity index is 1.27. The van der Waals surface area contributed by atoms with Crippen molar-refractivity contribution in [3.8, 4) is 44.6 Å². The van der Waals surface area contributed by atoms with Crippen molar-refractivity contribution in [2.75, 3.05) is 0 Å². The fourth-order valence-electron chi connectivity index (χ4n) is 6.95. The van der Waals surface area contributed by atoms with Crippen molar-refractivity contribution in [1.82, 2.24) is 4.98 Å². The van der Waals surface area contributed by atoms with E-state index in [0.717, 1.165) is 55.1 Å². The summed E-state index contributed by atoms with van der Waals surface area (Å²) in [6.45, 7) is -5.24. The maximum absolute atomic E-state index is 9.55. The van der Waals surface area contributed by atoms with Gasteiger partial charge < -0.3 is 0 Å². The third-order valence-corrected chi connectivity index (χ3v) is 10.7. The fraction of sp³-hybridized carbons (Fsp3) is 0.113. The molecule has 0 radical (unpaired) electrons. The number of benzene rings is 7. The molecule has 266 valence electrons. The summed E-state index contributed by atoms with van der Waals surface area (Å²) in [4.78, 5) is 4.94. The van der Waals surface area contributed by atoms with Gasteiger partial charge in [0.05, 0.1) is 5.69 Å². The summed E-state index contributed by atoms with van der Waals surface area (Å²) >= 11 is 1.68. The standard InChI is InChI=1S/C53H43NS/c1-36-12-10-14-38(28-36)22-24-40-30-41(25-23-39-15-11-13-37(2)29-39)32-44(31-40)45-18-6-7-19-46(45)50-35-54-51(42-16-4-3-5-17-42)34-49(50)43-26-27-48-47-20-8-9-21-52(47)55-53(48)33-43/h3-21,26-35H,22-25H2,1-2H3/i1D3,2D3,22D2,23D2,24D2,25D2. The molecule has 0 fully saturated rings. The molecular weight excluding hydrogens is 683 g/mol. The Morgan fingerprint density at radius 2 is 1.07 bits per heavy atom. The molecule has 0 spiro atoms. The zero-order valence-corrected chi connectivity index (χ0v) is 30.4. The first-order chi connectivity index (χ1) is 32.5. The molecule has 0 aliphatic heterocycles. The van der Waals surface area contributed by atoms with E-state index in [0.29, 0.717) is 22.4 Å². The van der Waals surface area contributed by atoms with Crippen LogP contribution in [0.3, 0.4) is 0 Å². The molecule has 0 N–H and O–H groups in total. The molecule has 0 saturated carbocycles. The molecule has 0 aliphatic rings. The summed E-state index contributed by atoms with van der Waals surface area (Å²) < 4.78 is 125. The van der Waals surface area contributed by atoms with Crippen molar-refractivity contribution in [2.45, 2.75) is 39.2 Å². The van der Waals surface area contributed by atoms with Crippen LogP contribution in [-0.4, -0.2) is 4.98 Å². The summed E-state index contributed by atoms with van der Waals surface area (Å²) in [5.41, 5.74) is 3.68. The van der Waals surface area contributed by atoms with Gasteiger partial charge in [-0.15, -0.1) is 11.3 Å². The highest BCUT2D eigenvalue weighted by Crippen LogP contribution is 2.42. The number of pyridine rings is 1. The van der Waals surface area contributed by atoms with Gasteiger partial charge in [0.2, 0.25) is 0 Å². The number of rotatable bonds is 10. The monoisotopic (exact) mass is 739 g/mol. The van der Waals surface area contributed by atoms with Crippen molar-refractivity contribution < 1.29 is 19.2 Å². The van der Waals surface area contributed by atoms with E-state index in [1.807, 2.05) is 60.7 Å². The normalized spacial score (nSPS) is 16.7. The summed E-state index contributed by atoms with van der Waals surface area (Å²) in [6, 6.07) is 47.6. The van der Waals surface area contributed by atoms with Crippen LogP contribution in [0.2, 0.25) is 0 Å². The second-order valence-electron chi connectivity index (χ2n) is 13.3. The number of hydrogen-bond acceptors (Lipinski definition) is 2. The maximum Gasteiger partial charge on any atom is 0.0708 e. The SMILES string of the molecule is [2H]C([2H])([2H])c1cccc(C([2H])([2H])C([2H])([2H])c2cc(-c3ccccc3-c3cnc(-c4ccccc4)cc3-c3ccc4c(c3)sc3ccccc34)cc(C([2H])([2H])C([2H])([2H])c3cccc(C([2H])([2H])[2H])c3)c2)c1. The third-order valence-electron chi connectivity index (χ3n) is 9.55. The van der Waals surface area contributed by atoms with Crippen molar-refractivity contribution in [3.63, 3.8) is 0 Å². The van der Waals surface area contributed by atoms with E-state index in [-0.39, 0.29) is 38.9 Å². The summed E-state index contributed by atoms with van der Waals surface area (Å²) in [5.74, 6) is 0. The van der Waals surface area contributed by atoms with Gasteiger partial charge in [0.25, 0.3) is 0 Å². The average molecular weight is 740 g/mol. The Hall–Kier alpha value is -6.09. The van der Waals surface area contributed by atoms with Gasteiger partial charge in [-0.3, -0.25) is 4.98 Å². The molecule has 0 aliphatic carbocycles. The lowest BCUT2D eigenvalue weighted by molar-refractivity contribution is 0.929. The predicted octanol–water partition coefficient (Wildman–Crippen LogP) is 14.3. The van der Waals surface area contributed by atoms with Crippen LogP contribution in [0.15, 0.2) is 176 Å². The highest BCUT2D eigenvalue weighted by molar-refractivity contribution is 7.25. The van der Waals surface area contributed by atoms with E-state index < -0.39 is 39.2 Å². The molecule has 9 rings (SSSR count). The Morgan fingerprint density at radius 1 is 0.436 bits per heavy atom. The van der Waals surface area contributed by atoms with Gasteiger partial charge in [-0.1, -0.05) is 163 Å². The Labute approximate surface area is 348 Å². The molecule has 9 aromatic rings. The molecule has 0 amide bonds. The highest BCUT2D eigenvalue weighted by Gasteiger charge is 2.17. The van der Waals surface area contributed by atoms with E-state index in [1.54, 1.807) is 29.7 Å². The minimum absolute atomic E-state index is 0.193. The quantitative estimate of drug-likeness (QED) is 0.136. The molecule has 2 heterocycles. The van der Waals surface area contributed by atoms with E-state index in [2.05, 4.69) is 30.3 Å². The van der Waals surface area contributed by atoms with E-state index >= 15 is 0 Å². The second-order valence-corrected chi connectivity index (χ2v) is 14.4. The van der Waals surface area contributed by atoms with Gasteiger partial charge in [0, 0.05) is 56.7 Å². The Morgan fingerprint density at radius 3 is 1.80 bits per heavy atom. The van der Waals surface area contributed by atoms with Crippen molar-refractivity contribution in [2.24, 2.45) is 0 Å². The van der Waals surface area contributed by atoms with Gasteiger partial charge in [-0.25, -0.2) is 0 Å². The van der Waals surface area contributed by atoms with Gasteiger partial charge >= 0.3 is 0 Å². The molecule has 55 heavy (non-hydrogen) atoms. The van der Waals surface area contributed by atoms with Crippen LogP contribution in [0, 0.1) is 13.7 Å². The molecule has 7 aromatic carbocycles. The Bertz CT molecular complexity index is 3290. The summed E-state index contributed by atoms with van der Waals surface area (Å²) in [5, 5.41) is 2.26. The van der Waals surface area contributed by atoms with Crippen LogP contribution in [0.25, 0.3) is 64.8 Å². The van der Waals surface area contributed by atoms with Gasteiger partial charge in [-0.2, -0.15) is 0 Å². The van der Waals surface area contributed by atoms with E-state index in [9.17, 15) is 11.0 Å². The van der Waals surface area contributed by atoms with Gasteiger partial charge in [0.1, 0.15) is 0 Å². The lowest BCUT2D eigenvalue weighted by Gasteiger charge is -2.17. The van der Waals surface area contributed by atoms with Crippen LogP contribution in [-0.2, 0) is 25.5 Å². The van der Waals surface area contributed by atoms with Crippen LogP contribution in [0.5, 0.6) is 0 Å². The molecule has 2 heteroatoms. The predicted molar refractivity (Wildman–Crippen MR) is 236 cm³/mol. The van der Waals surface area contributed by atoms with Crippen molar-refractivity contribution in [1.29, 1.82) is 0 Å². The number of fused-ring (bicyclic) bond motifs is 3. The highest BCUT2D eigenvalue weighted by atomic mass is 32.1. The fourth-order valence-corrected chi connectivity index (χ4v) is 8.09. The first kappa shape index (κ1) is 22.3. The lowest BCUT2D eigenvalue weighted by atomic mass is 9.87. The first-order valence-corrected chi connectivity index (χ1v) is 18.8. The zero-order chi connectivity index (χ0) is 49.3. The number of thiophene rings is 1. The van der Waals surface area contributed by atoms with Crippen LogP contribution < -0.4 is 0 Å². The molecule has 0 unspecified atom stereocenters. The molecule has 0 atom stereocenters. The number of aromatic nitrogens is 1. The molecule has 2 aromatic heterocycles. The molecule has 1 nitrogen and oxygen atoms in total. The number of nitrogens with zero attached hydrogens (tertiary/aromatic N) is 1. The number of aryl methyl sites for hydroxylation is 6. The van der Waals surface area contributed by atoms with E-state index in [1.165, 1.54) is 48.5 Å². The summed E-state index contributed by atoms with van der Waals surface area (Å²) in [7, 11) is 0. The molecular formula is C53H43NS. The van der Waals surface area contributed by atoms with Crippen LogP contribution in [0.1, 0.15) is 52.6 Å². The second kappa shape index (κ2) is 15.3. The van der Waals surface area contributed by atoms with E-state index in [4.69, 9.17) is 13.2 Å². The third kappa shape index (κ3) is 7.52. The maximum atomic E-state index is 9.55. The first-order valence-electron chi connectivity index (χ1n) is 24.9. The van der Waals surface area contributed by atoms with Gasteiger partial charge in [-0.05, 0) is 107 Å². The number of hydrogen-bond donors (Lipinski definition) is 0. The average Bonchev–Trinajstić information content (AvgIpc) is 3.71. The molecule has 0 saturated heterocycles. The smallest absolute Gasteiger partial charge is 0.0708 e. The topological polar surface area (TPSA) is 12.9 Å². The Kier molecular flexibility index (Phi) is 6.23. The van der Waals surface area contributed by atoms with Gasteiger partial charge in [0.15, 0.2) is 0 Å². The largest absolute Gasteiger partial charge is 0.256 e. The minimum Gasteiger partial charge on any atom is -0.256 e. The van der Waals surface area contributed by atoms with Crippen LogP contribution >= 0.6 is 11.3 Å².